The average molecular weight is 74.1 g/mol. The van der Waals surface area contributed by atoms with Crippen molar-refractivity contribution in [3.8, 4) is 0 Å². The van der Waals surface area contributed by atoms with E-state index in [1.165, 1.54) is 0 Å². The third-order valence-electron chi connectivity index (χ3n) is 0.374. The molecule has 0 aromatic rings. The number of hydrogen-bond acceptors (Lipinski definition) is 1. The minimum absolute atomic E-state index is 1.00. The summed E-state index contributed by atoms with van der Waals surface area (Å²) in [6.45, 7) is 1.75. The number of nitrogens with zero attached hydrogens (tertiary/aromatic N) is 1. The van der Waals surface area contributed by atoms with E-state index in [-0.39, 0.29) is 0 Å². The van der Waals surface area contributed by atoms with Crippen LogP contribution < -0.4 is 0 Å². The van der Waals surface area contributed by atoms with Gasteiger partial charge in [-0.15, -0.1) is 0 Å². The molecule has 30 valence electrons. The highest BCUT2D eigenvalue weighted by molar-refractivity contribution is 5.45. The maximum atomic E-state index is 8.14. The minimum Gasteiger partial charge on any atom is -0.291 e. The van der Waals surface area contributed by atoms with Gasteiger partial charge in [-0.1, -0.05) is 0 Å². The Balaban J connectivity index is 3.14. The van der Waals surface area contributed by atoms with Gasteiger partial charge in [-0.25, -0.2) is 0 Å². The van der Waals surface area contributed by atoms with Crippen molar-refractivity contribution in [3.05, 3.63) is 0 Å². The van der Waals surface area contributed by atoms with Gasteiger partial charge in [0.1, 0.15) is 0 Å². The number of hydroxylamine groups is 1. The van der Waals surface area contributed by atoms with Gasteiger partial charge in [0.2, 0.25) is 0 Å². The van der Waals surface area contributed by atoms with E-state index in [9.17, 15) is 0 Å². The lowest BCUT2D eigenvalue weighted by Crippen LogP contribution is -1.94. The molecule has 1 N–H and O–H groups in total. The van der Waals surface area contributed by atoms with E-state index in [0.717, 1.165) is 4.74 Å². The van der Waals surface area contributed by atoms with Crippen LogP contribution in [0.1, 0.15) is 6.92 Å². The summed E-state index contributed by atoms with van der Waals surface area (Å²) in [7, 11) is 1.56. The minimum atomic E-state index is 1.00. The first-order valence-electron chi connectivity index (χ1n) is 1.48. The van der Waals surface area contributed by atoms with Crippen LogP contribution in [0.5, 0.6) is 0 Å². The van der Waals surface area contributed by atoms with Crippen molar-refractivity contribution in [3.63, 3.8) is 0 Å². The summed E-state index contributed by atoms with van der Waals surface area (Å²) < 4.78 is 1.00. The smallest absolute Gasteiger partial charge is 0.188 e. The molecule has 0 saturated carbocycles. The second-order valence-electron chi connectivity index (χ2n) is 0.832. The Labute approximate surface area is 31.3 Å². The van der Waals surface area contributed by atoms with Crippen LogP contribution in [0, 0.1) is 0 Å². The molecule has 0 aliphatic carbocycles. The van der Waals surface area contributed by atoms with Crippen molar-refractivity contribution < 1.29 is 9.95 Å². The molecule has 2 heteroatoms. The monoisotopic (exact) mass is 74.1 g/mol. The molecular formula is C3H8NO+. The highest BCUT2D eigenvalue weighted by atomic mass is 16.5. The Morgan fingerprint density at radius 3 is 2.00 bits per heavy atom. The van der Waals surface area contributed by atoms with Crippen molar-refractivity contribution >= 4 is 6.21 Å². The SMILES string of the molecule is C/C=[N+](/C)O. The zero-order valence-electron chi connectivity index (χ0n) is 3.47. The fraction of sp³-hybridized carbons (Fsp3) is 0.667. The molecule has 0 heterocycles. The Hall–Kier alpha value is -0.530. The standard InChI is InChI=1S/C3H8NO/c1-3-4(2)5/h3,5H,1-2H3/q+1/b4-3-. The summed E-state index contributed by atoms with van der Waals surface area (Å²) in [5.41, 5.74) is 0. The molecule has 0 aromatic heterocycles. The van der Waals surface area contributed by atoms with Gasteiger partial charge in [0.25, 0.3) is 0 Å². The maximum absolute atomic E-state index is 8.14. The third kappa shape index (κ3) is 3.47. The molecule has 0 aromatic carbocycles. The van der Waals surface area contributed by atoms with Crippen LogP contribution in [0.2, 0.25) is 0 Å². The lowest BCUT2D eigenvalue weighted by molar-refractivity contribution is -0.751. The molecule has 2 nitrogen and oxygen atoms in total. The average Bonchev–Trinajstić information content (AvgIpc) is 1.38. The molecule has 0 bridgehead atoms. The lowest BCUT2D eigenvalue weighted by Gasteiger charge is -1.68. The number of hydrogen-bond donors (Lipinski definition) is 1. The molecule has 0 spiro atoms. The Kier molecular flexibility index (Phi) is 1.57. The van der Waals surface area contributed by atoms with Crippen LogP contribution in [0.15, 0.2) is 0 Å². The van der Waals surface area contributed by atoms with Crippen LogP contribution in [-0.4, -0.2) is 23.2 Å². The molecule has 0 atom stereocenters. The first-order valence-corrected chi connectivity index (χ1v) is 1.48. The number of rotatable bonds is 0. The molecule has 0 aliphatic heterocycles. The first-order chi connectivity index (χ1) is 2.27. The maximum Gasteiger partial charge on any atom is 0.188 e. The van der Waals surface area contributed by atoms with Gasteiger partial charge >= 0.3 is 0 Å². The molecule has 0 radical (unpaired) electrons. The van der Waals surface area contributed by atoms with Gasteiger partial charge in [0, 0.05) is 6.92 Å². The summed E-state index contributed by atoms with van der Waals surface area (Å²) in [6.07, 6.45) is 1.56. The van der Waals surface area contributed by atoms with Gasteiger partial charge in [-0.05, 0) is 4.74 Å². The fourth-order valence-electron chi connectivity index (χ4n) is 0. The van der Waals surface area contributed by atoms with E-state index < -0.39 is 0 Å². The second kappa shape index (κ2) is 1.76. The molecule has 5 heavy (non-hydrogen) atoms. The van der Waals surface area contributed by atoms with Gasteiger partial charge < -0.3 is 0 Å². The quantitative estimate of drug-likeness (QED) is 0.187. The van der Waals surface area contributed by atoms with E-state index in [2.05, 4.69) is 0 Å². The van der Waals surface area contributed by atoms with Crippen LogP contribution in [0.25, 0.3) is 0 Å². The normalized spacial score (nSPS) is 12.0. The van der Waals surface area contributed by atoms with Crippen LogP contribution in [-0.2, 0) is 0 Å². The van der Waals surface area contributed by atoms with Gasteiger partial charge in [0.05, 0.1) is 0 Å². The van der Waals surface area contributed by atoms with Crippen LogP contribution >= 0.6 is 0 Å². The summed E-state index contributed by atoms with van der Waals surface area (Å²) in [5, 5.41) is 8.14. The molecule has 0 fully saturated rings. The largest absolute Gasteiger partial charge is 0.291 e. The Bertz CT molecular complexity index is 44.9. The molecule has 0 saturated heterocycles. The van der Waals surface area contributed by atoms with E-state index in [1.54, 1.807) is 20.2 Å². The van der Waals surface area contributed by atoms with Crippen molar-refractivity contribution in [2.75, 3.05) is 7.05 Å². The molecule has 0 amide bonds. The zero-order chi connectivity index (χ0) is 4.28. The van der Waals surface area contributed by atoms with Crippen molar-refractivity contribution in [2.45, 2.75) is 6.92 Å². The van der Waals surface area contributed by atoms with E-state index in [0.29, 0.717) is 0 Å². The highest BCUT2D eigenvalue weighted by Crippen LogP contribution is 1.42. The summed E-state index contributed by atoms with van der Waals surface area (Å²) in [6, 6.07) is 0. The van der Waals surface area contributed by atoms with E-state index in [1.807, 2.05) is 0 Å². The molecular weight excluding hydrogens is 66.0 g/mol. The second-order valence-corrected chi connectivity index (χ2v) is 0.832. The zero-order valence-corrected chi connectivity index (χ0v) is 3.47. The summed E-state index contributed by atoms with van der Waals surface area (Å²) >= 11 is 0. The predicted octanol–water partition coefficient (Wildman–Crippen LogP) is 0.109. The molecule has 0 unspecified atom stereocenters. The summed E-state index contributed by atoms with van der Waals surface area (Å²) in [4.78, 5) is 0. The Morgan fingerprint density at radius 1 is 1.80 bits per heavy atom. The summed E-state index contributed by atoms with van der Waals surface area (Å²) in [5.74, 6) is 0. The Morgan fingerprint density at radius 2 is 2.00 bits per heavy atom. The highest BCUT2D eigenvalue weighted by Gasteiger charge is 1.69. The van der Waals surface area contributed by atoms with Crippen molar-refractivity contribution in [1.29, 1.82) is 0 Å². The van der Waals surface area contributed by atoms with Crippen molar-refractivity contribution in [2.24, 2.45) is 0 Å². The van der Waals surface area contributed by atoms with Gasteiger partial charge in [-0.2, -0.15) is 0 Å². The van der Waals surface area contributed by atoms with Crippen molar-refractivity contribution in [1.82, 2.24) is 0 Å². The predicted molar refractivity (Wildman–Crippen MR) is 19.7 cm³/mol. The molecule has 0 rings (SSSR count). The third-order valence-corrected chi connectivity index (χ3v) is 0.374. The lowest BCUT2D eigenvalue weighted by atomic mass is 10.9. The molecule has 0 aliphatic rings. The van der Waals surface area contributed by atoms with Crippen LogP contribution in [0.4, 0.5) is 0 Å². The van der Waals surface area contributed by atoms with Gasteiger partial charge in [0.15, 0.2) is 13.3 Å². The first kappa shape index (κ1) is 4.47. The topological polar surface area (TPSA) is 23.2 Å². The van der Waals surface area contributed by atoms with Crippen LogP contribution in [0.3, 0.4) is 0 Å². The van der Waals surface area contributed by atoms with E-state index >= 15 is 0 Å². The fourth-order valence-corrected chi connectivity index (χ4v) is 0. The van der Waals surface area contributed by atoms with E-state index in [4.69, 9.17) is 5.21 Å². The van der Waals surface area contributed by atoms with Gasteiger partial charge in [-0.3, -0.25) is 5.21 Å².